The fourth-order valence-corrected chi connectivity index (χ4v) is 2.71. The molecule has 0 N–H and O–H groups in total. The molecule has 1 fully saturated rings. The zero-order valence-electron chi connectivity index (χ0n) is 10.8. The van der Waals surface area contributed by atoms with Crippen molar-refractivity contribution in [1.29, 1.82) is 0 Å². The number of nitrogens with zero attached hydrogens (tertiary/aromatic N) is 1. The van der Waals surface area contributed by atoms with Gasteiger partial charge in [-0.2, -0.15) is 0 Å². The Morgan fingerprint density at radius 3 is 2.94 bits per heavy atom. The molecule has 3 nitrogen and oxygen atoms in total. The van der Waals surface area contributed by atoms with Crippen LogP contribution in [0.5, 0.6) is 0 Å². The van der Waals surface area contributed by atoms with Crippen LogP contribution < -0.4 is 0 Å². The van der Waals surface area contributed by atoms with Gasteiger partial charge in [-0.1, -0.05) is 22.4 Å². The summed E-state index contributed by atoms with van der Waals surface area (Å²) in [6, 6.07) is 0. The maximum atomic E-state index is 11.7. The number of carbonyl (C=O) groups is 1. The Bertz CT molecular complexity index is 223. The number of hydrogen-bond acceptors (Lipinski definition) is 3. The maximum Gasteiger partial charge on any atom is 0.310 e. The van der Waals surface area contributed by atoms with Crippen molar-refractivity contribution < 1.29 is 9.53 Å². The molecule has 0 aromatic carbocycles. The summed E-state index contributed by atoms with van der Waals surface area (Å²) in [5.41, 5.74) is 0. The number of ether oxygens (including phenoxy) is 1. The fraction of sp³-hybridized carbons (Fsp3) is 0.923. The summed E-state index contributed by atoms with van der Waals surface area (Å²) in [7, 11) is 0. The number of halogens is 1. The topological polar surface area (TPSA) is 29.5 Å². The molecule has 1 aliphatic rings. The number of carbonyl (C=O) groups excluding carboxylic acids is 1. The van der Waals surface area contributed by atoms with Crippen LogP contribution in [0.2, 0.25) is 0 Å². The van der Waals surface area contributed by atoms with Crippen molar-refractivity contribution in [3.8, 4) is 0 Å². The number of likely N-dealkylation sites (tertiary alicyclic amines) is 1. The first-order chi connectivity index (χ1) is 8.27. The molecule has 0 aliphatic carbocycles. The van der Waals surface area contributed by atoms with Crippen LogP contribution in [0.1, 0.15) is 39.0 Å². The third kappa shape index (κ3) is 5.87. The van der Waals surface area contributed by atoms with E-state index in [-0.39, 0.29) is 11.9 Å². The minimum atomic E-state index is -0.00217. The highest BCUT2D eigenvalue weighted by Crippen LogP contribution is 2.18. The normalized spacial score (nSPS) is 21.4. The Labute approximate surface area is 113 Å². The average Bonchev–Trinajstić information content (AvgIpc) is 2.35. The van der Waals surface area contributed by atoms with Gasteiger partial charge in [-0.3, -0.25) is 4.79 Å². The van der Waals surface area contributed by atoms with E-state index in [9.17, 15) is 4.79 Å². The smallest absolute Gasteiger partial charge is 0.310 e. The van der Waals surface area contributed by atoms with Crippen molar-refractivity contribution >= 4 is 21.9 Å². The summed E-state index contributed by atoms with van der Waals surface area (Å²) in [5, 5.41) is 1.10. The summed E-state index contributed by atoms with van der Waals surface area (Å²) in [5.74, 6) is 0.109. The Balaban J connectivity index is 2.21. The van der Waals surface area contributed by atoms with Gasteiger partial charge in [-0.25, -0.2) is 0 Å². The Kier molecular flexibility index (Phi) is 7.86. The van der Waals surface area contributed by atoms with Crippen LogP contribution >= 0.6 is 15.9 Å². The molecule has 0 spiro atoms. The van der Waals surface area contributed by atoms with Crippen molar-refractivity contribution in [3.05, 3.63) is 0 Å². The van der Waals surface area contributed by atoms with E-state index in [1.807, 2.05) is 6.92 Å². The molecule has 0 saturated carbocycles. The van der Waals surface area contributed by atoms with E-state index >= 15 is 0 Å². The Morgan fingerprint density at radius 2 is 2.24 bits per heavy atom. The molecule has 17 heavy (non-hydrogen) atoms. The van der Waals surface area contributed by atoms with Gasteiger partial charge in [0, 0.05) is 11.9 Å². The summed E-state index contributed by atoms with van der Waals surface area (Å²) >= 11 is 3.45. The first kappa shape index (κ1) is 15.0. The van der Waals surface area contributed by atoms with Crippen LogP contribution in [0.15, 0.2) is 0 Å². The molecule has 1 unspecified atom stereocenters. The van der Waals surface area contributed by atoms with Crippen molar-refractivity contribution in [2.45, 2.75) is 39.0 Å². The molecule has 1 aliphatic heterocycles. The molecule has 1 rings (SSSR count). The lowest BCUT2D eigenvalue weighted by Gasteiger charge is -2.31. The molecular weight excluding hydrogens is 282 g/mol. The van der Waals surface area contributed by atoms with Gasteiger partial charge in [0.2, 0.25) is 0 Å². The van der Waals surface area contributed by atoms with Crippen LogP contribution in [0.3, 0.4) is 0 Å². The van der Waals surface area contributed by atoms with E-state index in [0.29, 0.717) is 6.61 Å². The summed E-state index contributed by atoms with van der Waals surface area (Å²) in [4.78, 5) is 14.1. The average molecular weight is 306 g/mol. The molecule has 0 aromatic heterocycles. The van der Waals surface area contributed by atoms with Crippen molar-refractivity contribution in [1.82, 2.24) is 4.90 Å². The molecule has 1 atom stereocenters. The molecule has 0 radical (unpaired) electrons. The van der Waals surface area contributed by atoms with Gasteiger partial charge >= 0.3 is 5.97 Å². The molecule has 1 heterocycles. The van der Waals surface area contributed by atoms with Crippen molar-refractivity contribution in [3.63, 3.8) is 0 Å². The monoisotopic (exact) mass is 305 g/mol. The largest absolute Gasteiger partial charge is 0.466 e. The summed E-state index contributed by atoms with van der Waals surface area (Å²) < 4.78 is 5.10. The van der Waals surface area contributed by atoms with Gasteiger partial charge in [0.1, 0.15) is 0 Å². The second-order valence-corrected chi connectivity index (χ2v) is 5.43. The zero-order valence-corrected chi connectivity index (χ0v) is 12.4. The quantitative estimate of drug-likeness (QED) is 0.411. The highest BCUT2D eigenvalue weighted by atomic mass is 79.9. The van der Waals surface area contributed by atoms with Gasteiger partial charge in [-0.15, -0.1) is 0 Å². The van der Waals surface area contributed by atoms with Gasteiger partial charge in [0.05, 0.1) is 12.5 Å². The molecule has 4 heteroatoms. The second-order valence-electron chi connectivity index (χ2n) is 4.64. The van der Waals surface area contributed by atoms with Crippen LogP contribution in [-0.4, -0.2) is 42.4 Å². The first-order valence-electron chi connectivity index (χ1n) is 6.73. The van der Waals surface area contributed by atoms with E-state index in [1.54, 1.807) is 0 Å². The predicted octanol–water partition coefficient (Wildman–Crippen LogP) is 2.83. The van der Waals surface area contributed by atoms with E-state index in [2.05, 4.69) is 20.8 Å². The lowest BCUT2D eigenvalue weighted by molar-refractivity contribution is -0.149. The van der Waals surface area contributed by atoms with Crippen molar-refractivity contribution in [2.24, 2.45) is 5.92 Å². The summed E-state index contributed by atoms with van der Waals surface area (Å²) in [6.45, 7) is 5.54. The van der Waals surface area contributed by atoms with Crippen LogP contribution in [0.25, 0.3) is 0 Å². The van der Waals surface area contributed by atoms with E-state index < -0.39 is 0 Å². The number of esters is 1. The van der Waals surface area contributed by atoms with Gasteiger partial charge in [0.15, 0.2) is 0 Å². The lowest BCUT2D eigenvalue weighted by Crippen LogP contribution is -2.39. The number of unbranched alkanes of at least 4 members (excludes halogenated alkanes) is 2. The highest BCUT2D eigenvalue weighted by Gasteiger charge is 2.26. The van der Waals surface area contributed by atoms with Crippen LogP contribution in [0, 0.1) is 5.92 Å². The molecular formula is C13H24BrNO2. The lowest BCUT2D eigenvalue weighted by atomic mass is 9.98. The SMILES string of the molecule is CCOC(=O)C1CCCN(CCCCCBr)C1. The second kappa shape index (κ2) is 8.92. The predicted molar refractivity (Wildman–Crippen MR) is 73.4 cm³/mol. The van der Waals surface area contributed by atoms with Crippen molar-refractivity contribution in [2.75, 3.05) is 31.6 Å². The molecule has 0 bridgehead atoms. The molecule has 0 aromatic rings. The minimum Gasteiger partial charge on any atom is -0.466 e. The van der Waals surface area contributed by atoms with Gasteiger partial charge in [0.25, 0.3) is 0 Å². The highest BCUT2D eigenvalue weighted by molar-refractivity contribution is 9.09. The fourth-order valence-electron chi connectivity index (χ4n) is 2.32. The van der Waals surface area contributed by atoms with E-state index in [0.717, 1.165) is 37.8 Å². The number of piperidine rings is 1. The molecule has 1 saturated heterocycles. The maximum absolute atomic E-state index is 11.7. The summed E-state index contributed by atoms with van der Waals surface area (Å²) in [6.07, 6.45) is 5.88. The first-order valence-corrected chi connectivity index (χ1v) is 7.85. The van der Waals surface area contributed by atoms with E-state index in [4.69, 9.17) is 4.74 Å². The Morgan fingerprint density at radius 1 is 1.41 bits per heavy atom. The third-order valence-electron chi connectivity index (χ3n) is 3.23. The van der Waals surface area contributed by atoms with Gasteiger partial charge < -0.3 is 9.64 Å². The number of alkyl halides is 1. The standard InChI is InChI=1S/C13H24BrNO2/c1-2-17-13(16)12-7-6-10-15(11-12)9-5-3-4-8-14/h12H,2-11H2,1H3. The van der Waals surface area contributed by atoms with Gasteiger partial charge in [-0.05, 0) is 45.7 Å². The van der Waals surface area contributed by atoms with Crippen LogP contribution in [-0.2, 0) is 9.53 Å². The third-order valence-corrected chi connectivity index (χ3v) is 3.79. The van der Waals surface area contributed by atoms with Crippen LogP contribution in [0.4, 0.5) is 0 Å². The zero-order chi connectivity index (χ0) is 12.5. The molecule has 100 valence electrons. The molecule has 0 amide bonds. The Hall–Kier alpha value is -0.0900. The number of hydrogen-bond donors (Lipinski definition) is 0. The minimum absolute atomic E-state index is 0.00217. The number of rotatable bonds is 7. The van der Waals surface area contributed by atoms with E-state index in [1.165, 1.54) is 19.3 Å².